The highest BCUT2D eigenvalue weighted by molar-refractivity contribution is 7.06. The number of carbonyl (C=O) groups is 1. The Morgan fingerprint density at radius 2 is 2.22 bits per heavy atom. The summed E-state index contributed by atoms with van der Waals surface area (Å²) in [6.07, 6.45) is 2.44. The Kier molecular flexibility index (Phi) is 4.37. The lowest BCUT2D eigenvalue weighted by atomic mass is 10.1. The van der Waals surface area contributed by atoms with Gasteiger partial charge in [-0.3, -0.25) is 4.79 Å². The molecule has 0 unspecified atom stereocenters. The lowest BCUT2D eigenvalue weighted by Gasteiger charge is -2.05. The van der Waals surface area contributed by atoms with Gasteiger partial charge < -0.3 is 10.3 Å². The molecule has 7 heteroatoms. The van der Waals surface area contributed by atoms with Gasteiger partial charge in [-0.15, -0.1) is 0 Å². The number of amides is 1. The highest BCUT2D eigenvalue weighted by Crippen LogP contribution is 2.25. The van der Waals surface area contributed by atoms with Crippen molar-refractivity contribution >= 4 is 39.9 Å². The van der Waals surface area contributed by atoms with Crippen LogP contribution in [-0.4, -0.2) is 21.8 Å². The zero-order valence-electron chi connectivity index (χ0n) is 12.7. The van der Waals surface area contributed by atoms with E-state index >= 15 is 0 Å². The lowest BCUT2D eigenvalue weighted by Crippen LogP contribution is -2.26. The molecule has 120 valence electrons. The number of aromatic nitrogens is 2. The van der Waals surface area contributed by atoms with Crippen molar-refractivity contribution in [3.05, 3.63) is 50.9 Å². The van der Waals surface area contributed by atoms with Crippen LogP contribution in [0, 0.1) is 19.7 Å². The van der Waals surface area contributed by atoms with Gasteiger partial charge in [-0.25, -0.2) is 4.39 Å². The van der Waals surface area contributed by atoms with Crippen LogP contribution >= 0.6 is 23.1 Å². The van der Waals surface area contributed by atoms with E-state index in [1.165, 1.54) is 17.6 Å². The molecule has 23 heavy (non-hydrogen) atoms. The number of rotatable bonds is 4. The highest BCUT2D eigenvalue weighted by atomic mass is 35.5. The molecule has 0 aliphatic carbocycles. The van der Waals surface area contributed by atoms with Crippen molar-refractivity contribution in [3.8, 4) is 0 Å². The van der Waals surface area contributed by atoms with Gasteiger partial charge in [0.05, 0.1) is 16.3 Å². The molecule has 0 atom stereocenters. The van der Waals surface area contributed by atoms with Crippen LogP contribution in [0.25, 0.3) is 10.9 Å². The minimum absolute atomic E-state index is 0.0954. The van der Waals surface area contributed by atoms with E-state index < -0.39 is 5.82 Å². The molecule has 0 fully saturated rings. The number of benzene rings is 1. The fourth-order valence-electron chi connectivity index (χ4n) is 2.59. The Morgan fingerprint density at radius 1 is 1.43 bits per heavy atom. The normalized spacial score (nSPS) is 11.1. The van der Waals surface area contributed by atoms with E-state index in [-0.39, 0.29) is 10.9 Å². The van der Waals surface area contributed by atoms with E-state index in [4.69, 9.17) is 11.6 Å². The quantitative estimate of drug-likeness (QED) is 0.746. The van der Waals surface area contributed by atoms with Gasteiger partial charge in [0.15, 0.2) is 0 Å². The zero-order valence-corrected chi connectivity index (χ0v) is 14.2. The van der Waals surface area contributed by atoms with E-state index in [0.29, 0.717) is 24.0 Å². The maximum absolute atomic E-state index is 13.4. The van der Waals surface area contributed by atoms with E-state index in [0.717, 1.165) is 21.5 Å². The average molecular weight is 352 g/mol. The van der Waals surface area contributed by atoms with E-state index in [1.807, 2.05) is 20.0 Å². The largest absolute Gasteiger partial charge is 0.361 e. The van der Waals surface area contributed by atoms with Crippen LogP contribution in [0.2, 0.25) is 5.02 Å². The van der Waals surface area contributed by atoms with Crippen LogP contribution in [0.4, 0.5) is 4.39 Å². The average Bonchev–Trinajstić information content (AvgIpc) is 3.03. The Labute approximate surface area is 141 Å². The molecule has 0 aliphatic rings. The predicted octanol–water partition coefficient (Wildman–Crippen LogP) is 4.01. The summed E-state index contributed by atoms with van der Waals surface area (Å²) >= 11 is 7.17. The van der Waals surface area contributed by atoms with E-state index in [1.54, 1.807) is 6.07 Å². The summed E-state index contributed by atoms with van der Waals surface area (Å²) in [5.74, 6) is -0.561. The molecule has 0 saturated heterocycles. The third-order valence-electron chi connectivity index (χ3n) is 3.75. The first kappa shape index (κ1) is 16.0. The molecule has 0 aliphatic heterocycles. The number of fused-ring (bicyclic) bond motifs is 1. The minimum atomic E-state index is -0.447. The number of aromatic amines is 1. The minimum Gasteiger partial charge on any atom is -0.361 e. The first-order valence-corrected chi connectivity index (χ1v) is 8.28. The number of hydrogen-bond acceptors (Lipinski definition) is 3. The van der Waals surface area contributed by atoms with Gasteiger partial charge in [-0.05, 0) is 49.5 Å². The Hall–Kier alpha value is -1.92. The number of nitrogens with one attached hydrogen (secondary N) is 2. The maximum Gasteiger partial charge on any atom is 0.254 e. The second-order valence-corrected chi connectivity index (χ2v) is 6.72. The highest BCUT2D eigenvalue weighted by Gasteiger charge is 2.15. The second-order valence-electron chi connectivity index (χ2n) is 5.33. The Balaban J connectivity index is 1.70. The molecular formula is C16H15ClFN3OS. The summed E-state index contributed by atoms with van der Waals surface area (Å²) < 4.78 is 17.6. The van der Waals surface area contributed by atoms with Crippen molar-refractivity contribution in [2.24, 2.45) is 0 Å². The maximum atomic E-state index is 13.4. The molecule has 3 rings (SSSR count). The molecule has 0 saturated carbocycles. The SMILES string of the molecule is Cc1nsc(C)c1C(=O)NCCc1c[nH]c2cc(F)c(Cl)cc12. The van der Waals surface area contributed by atoms with Crippen molar-refractivity contribution in [1.82, 2.24) is 14.7 Å². The smallest absolute Gasteiger partial charge is 0.254 e. The number of hydrogen-bond donors (Lipinski definition) is 2. The monoisotopic (exact) mass is 351 g/mol. The Bertz CT molecular complexity index is 867. The molecule has 2 aromatic heterocycles. The molecular weight excluding hydrogens is 337 g/mol. The molecule has 4 nitrogen and oxygen atoms in total. The topological polar surface area (TPSA) is 57.8 Å². The van der Waals surface area contributed by atoms with Crippen molar-refractivity contribution in [2.75, 3.05) is 6.54 Å². The molecule has 2 heterocycles. The summed E-state index contributed by atoms with van der Waals surface area (Å²) in [5, 5.41) is 3.87. The Morgan fingerprint density at radius 3 is 2.91 bits per heavy atom. The fourth-order valence-corrected chi connectivity index (χ4v) is 3.45. The van der Waals surface area contributed by atoms with Gasteiger partial charge in [0.25, 0.3) is 5.91 Å². The molecule has 0 bridgehead atoms. The van der Waals surface area contributed by atoms with Crippen molar-refractivity contribution in [1.29, 1.82) is 0 Å². The van der Waals surface area contributed by atoms with Crippen LogP contribution in [0.5, 0.6) is 0 Å². The third kappa shape index (κ3) is 3.09. The van der Waals surface area contributed by atoms with Gasteiger partial charge >= 0.3 is 0 Å². The zero-order chi connectivity index (χ0) is 16.6. The molecule has 3 aromatic rings. The van der Waals surface area contributed by atoms with Gasteiger partial charge in [-0.1, -0.05) is 11.6 Å². The van der Waals surface area contributed by atoms with Crippen LogP contribution in [-0.2, 0) is 6.42 Å². The van der Waals surface area contributed by atoms with Gasteiger partial charge in [0.1, 0.15) is 5.82 Å². The van der Waals surface area contributed by atoms with Gasteiger partial charge in [0.2, 0.25) is 0 Å². The summed E-state index contributed by atoms with van der Waals surface area (Å²) in [6, 6.07) is 2.99. The second kappa shape index (κ2) is 6.29. The molecule has 1 amide bonds. The summed E-state index contributed by atoms with van der Waals surface area (Å²) in [6.45, 7) is 4.19. The number of halogens is 2. The van der Waals surface area contributed by atoms with Crippen LogP contribution < -0.4 is 5.32 Å². The first-order chi connectivity index (χ1) is 11.0. The van der Waals surface area contributed by atoms with Crippen molar-refractivity contribution < 1.29 is 9.18 Å². The van der Waals surface area contributed by atoms with Crippen molar-refractivity contribution in [2.45, 2.75) is 20.3 Å². The third-order valence-corrected chi connectivity index (χ3v) is 4.88. The van der Waals surface area contributed by atoms with E-state index in [9.17, 15) is 9.18 Å². The van der Waals surface area contributed by atoms with Gasteiger partial charge in [0, 0.05) is 28.5 Å². The summed E-state index contributed by atoms with van der Waals surface area (Å²) in [7, 11) is 0. The van der Waals surface area contributed by atoms with E-state index in [2.05, 4.69) is 14.7 Å². The van der Waals surface area contributed by atoms with Crippen LogP contribution in [0.1, 0.15) is 26.5 Å². The van der Waals surface area contributed by atoms with Crippen molar-refractivity contribution in [3.63, 3.8) is 0 Å². The van der Waals surface area contributed by atoms with Crippen LogP contribution in [0.3, 0.4) is 0 Å². The standard InChI is InChI=1S/C16H15ClFN3OS/c1-8-15(9(2)23-21-8)16(22)19-4-3-10-7-20-14-6-13(18)12(17)5-11(10)14/h5-7,20H,3-4H2,1-2H3,(H,19,22). The molecule has 0 spiro atoms. The number of H-pyrrole nitrogens is 1. The molecule has 2 N–H and O–H groups in total. The summed E-state index contributed by atoms with van der Waals surface area (Å²) in [4.78, 5) is 16.1. The van der Waals surface area contributed by atoms with Gasteiger partial charge in [-0.2, -0.15) is 4.37 Å². The molecule has 1 aromatic carbocycles. The lowest BCUT2D eigenvalue weighted by molar-refractivity contribution is 0.0953. The number of carbonyl (C=O) groups excluding carboxylic acids is 1. The summed E-state index contributed by atoms with van der Waals surface area (Å²) in [5.41, 5.74) is 3.08. The molecule has 0 radical (unpaired) electrons. The number of nitrogens with zero attached hydrogens (tertiary/aromatic N) is 1. The fraction of sp³-hybridized carbons (Fsp3) is 0.250. The van der Waals surface area contributed by atoms with Crippen LogP contribution in [0.15, 0.2) is 18.3 Å². The first-order valence-electron chi connectivity index (χ1n) is 7.13. The predicted molar refractivity (Wildman–Crippen MR) is 90.9 cm³/mol. The number of aryl methyl sites for hydroxylation is 2.